The molecule has 2 N–H and O–H groups in total. The van der Waals surface area contributed by atoms with Crippen molar-refractivity contribution in [1.82, 2.24) is 10.2 Å². The smallest absolute Gasteiger partial charge is 0.305 e. The highest BCUT2D eigenvalue weighted by molar-refractivity contribution is 6.06. The largest absolute Gasteiger partial charge is 0.493 e. The molecule has 0 aliphatic carbocycles. The van der Waals surface area contributed by atoms with Crippen LogP contribution >= 0.6 is 0 Å². The highest BCUT2D eigenvalue weighted by Gasteiger charge is 2.23. The quantitative estimate of drug-likeness (QED) is 0.212. The minimum atomic E-state index is -1.02. The first-order chi connectivity index (χ1) is 20.8. The van der Waals surface area contributed by atoms with Gasteiger partial charge in [-0.25, -0.2) is 4.39 Å². The van der Waals surface area contributed by atoms with Gasteiger partial charge >= 0.3 is 5.97 Å². The van der Waals surface area contributed by atoms with Gasteiger partial charge in [0.25, 0.3) is 11.8 Å². The zero-order valence-corrected chi connectivity index (χ0v) is 24.0. The number of carbonyl (C=O) groups is 3. The molecule has 0 saturated heterocycles. The third-order valence-electron chi connectivity index (χ3n) is 7.02. The molecule has 0 saturated carbocycles. The first-order valence-electron chi connectivity index (χ1n) is 13.7. The van der Waals surface area contributed by atoms with Crippen molar-refractivity contribution in [1.29, 1.82) is 0 Å². The van der Waals surface area contributed by atoms with Crippen LogP contribution in [-0.2, 0) is 17.8 Å². The van der Waals surface area contributed by atoms with Crippen molar-refractivity contribution in [3.63, 3.8) is 0 Å². The van der Waals surface area contributed by atoms with Gasteiger partial charge < -0.3 is 24.8 Å². The Kier molecular flexibility index (Phi) is 10.5. The van der Waals surface area contributed by atoms with Gasteiger partial charge in [-0.1, -0.05) is 60.7 Å². The lowest BCUT2D eigenvalue weighted by atomic mass is 9.94. The minimum absolute atomic E-state index is 0.000466. The number of nitrogens with zero attached hydrogens (tertiary/aromatic N) is 1. The Morgan fingerprint density at radius 2 is 1.42 bits per heavy atom. The topological polar surface area (TPSA) is 105 Å². The molecule has 4 aromatic carbocycles. The monoisotopic (exact) mass is 584 g/mol. The summed E-state index contributed by atoms with van der Waals surface area (Å²) in [5.74, 6) is -1.08. The van der Waals surface area contributed by atoms with Gasteiger partial charge in [0.1, 0.15) is 5.82 Å². The van der Waals surface area contributed by atoms with E-state index in [1.165, 1.54) is 11.0 Å². The van der Waals surface area contributed by atoms with Crippen molar-refractivity contribution in [2.24, 2.45) is 0 Å². The number of hydrogen-bond acceptors (Lipinski definition) is 5. The number of halogens is 1. The Morgan fingerprint density at radius 1 is 0.791 bits per heavy atom. The first kappa shape index (κ1) is 30.8. The number of rotatable bonds is 13. The molecule has 2 amide bonds. The Bertz CT molecular complexity index is 1610. The van der Waals surface area contributed by atoms with E-state index in [2.05, 4.69) is 5.32 Å². The molecule has 4 aromatic rings. The Morgan fingerprint density at radius 3 is 2.09 bits per heavy atom. The fraction of sp³-hybridized carbons (Fsp3) is 0.206. The van der Waals surface area contributed by atoms with Crippen molar-refractivity contribution in [3.8, 4) is 22.6 Å². The number of methoxy groups -OCH3 is 2. The average molecular weight is 585 g/mol. The van der Waals surface area contributed by atoms with E-state index < -0.39 is 17.7 Å². The van der Waals surface area contributed by atoms with E-state index in [-0.39, 0.29) is 32.0 Å². The Balaban J connectivity index is 1.61. The molecule has 0 radical (unpaired) electrons. The van der Waals surface area contributed by atoms with Crippen molar-refractivity contribution in [2.45, 2.75) is 19.4 Å². The number of carbonyl (C=O) groups excluding carboxylic acids is 2. The molecule has 4 rings (SSSR count). The fourth-order valence-corrected chi connectivity index (χ4v) is 4.75. The lowest BCUT2D eigenvalue weighted by Crippen LogP contribution is -2.35. The van der Waals surface area contributed by atoms with Gasteiger partial charge in [-0.15, -0.1) is 0 Å². The summed E-state index contributed by atoms with van der Waals surface area (Å²) in [5, 5.41) is 12.1. The molecule has 0 aliphatic heterocycles. The van der Waals surface area contributed by atoms with Crippen molar-refractivity contribution in [2.75, 3.05) is 27.3 Å². The molecule has 0 spiro atoms. The number of hydrogen-bond donors (Lipinski definition) is 2. The molecular formula is C34H33FN2O6. The van der Waals surface area contributed by atoms with Crippen LogP contribution in [0.2, 0.25) is 0 Å². The molecule has 0 bridgehead atoms. The second-order valence-corrected chi connectivity index (χ2v) is 9.74. The van der Waals surface area contributed by atoms with Crippen molar-refractivity contribution in [3.05, 3.63) is 119 Å². The van der Waals surface area contributed by atoms with Crippen LogP contribution in [-0.4, -0.2) is 55.1 Å². The fourth-order valence-electron chi connectivity index (χ4n) is 4.75. The second-order valence-electron chi connectivity index (χ2n) is 9.74. The standard InChI is InChI=1S/C34H33FN2O6/c1-42-30-16-15-23(21-31(30)43-2)17-19-37(20-18-32(38)39)34(41)28-13-7-5-11-26(28)25-10-4-6-12-27(25)33(40)36-22-24-9-3-8-14-29(24)35/h3-16,21H,17-20,22H2,1-2H3,(H,36,40)(H,38,39). The van der Waals surface area contributed by atoms with E-state index in [0.717, 1.165) is 5.56 Å². The van der Waals surface area contributed by atoms with Crippen LogP contribution in [0.15, 0.2) is 91.0 Å². The van der Waals surface area contributed by atoms with E-state index in [0.29, 0.717) is 45.7 Å². The van der Waals surface area contributed by atoms with Crippen LogP contribution in [0.1, 0.15) is 38.3 Å². The maximum atomic E-state index is 14.1. The van der Waals surface area contributed by atoms with Crippen molar-refractivity contribution >= 4 is 17.8 Å². The molecule has 8 nitrogen and oxygen atoms in total. The molecule has 222 valence electrons. The summed E-state index contributed by atoms with van der Waals surface area (Å²) in [6.07, 6.45) is 0.220. The third kappa shape index (κ3) is 7.77. The molecule has 0 heterocycles. The van der Waals surface area contributed by atoms with E-state index in [9.17, 15) is 23.9 Å². The van der Waals surface area contributed by atoms with E-state index >= 15 is 0 Å². The van der Waals surface area contributed by atoms with Crippen LogP contribution < -0.4 is 14.8 Å². The number of amides is 2. The molecule has 43 heavy (non-hydrogen) atoms. The second kappa shape index (κ2) is 14.6. The van der Waals surface area contributed by atoms with Crippen LogP contribution in [0.3, 0.4) is 0 Å². The molecule has 0 aromatic heterocycles. The summed E-state index contributed by atoms with van der Waals surface area (Å²) in [7, 11) is 3.09. The van der Waals surface area contributed by atoms with Gasteiger partial charge in [0.2, 0.25) is 0 Å². The third-order valence-corrected chi connectivity index (χ3v) is 7.02. The summed E-state index contributed by atoms with van der Waals surface area (Å²) in [6, 6.07) is 25.5. The molecule has 0 atom stereocenters. The Hall–Kier alpha value is -5.18. The van der Waals surface area contributed by atoms with Gasteiger partial charge in [0.05, 0.1) is 20.6 Å². The number of carboxylic acids is 1. The first-order valence-corrected chi connectivity index (χ1v) is 13.7. The number of carboxylic acid groups (broad SMARTS) is 1. The zero-order valence-electron chi connectivity index (χ0n) is 24.0. The number of nitrogens with one attached hydrogen (secondary N) is 1. The molecule has 0 fully saturated rings. The molecular weight excluding hydrogens is 551 g/mol. The molecule has 0 unspecified atom stereocenters. The minimum Gasteiger partial charge on any atom is -0.493 e. The van der Waals surface area contributed by atoms with Gasteiger partial charge in [-0.3, -0.25) is 14.4 Å². The van der Waals surface area contributed by atoms with Gasteiger partial charge in [0.15, 0.2) is 11.5 Å². The number of ether oxygens (including phenoxy) is 2. The van der Waals surface area contributed by atoms with Crippen LogP contribution in [0.25, 0.3) is 11.1 Å². The predicted octanol–water partition coefficient (Wildman–Crippen LogP) is 5.60. The lowest BCUT2D eigenvalue weighted by Gasteiger charge is -2.24. The highest BCUT2D eigenvalue weighted by Crippen LogP contribution is 2.30. The van der Waals surface area contributed by atoms with Crippen molar-refractivity contribution < 1.29 is 33.4 Å². The summed E-state index contributed by atoms with van der Waals surface area (Å²) in [6.45, 7) is 0.251. The predicted molar refractivity (Wildman–Crippen MR) is 161 cm³/mol. The molecule has 0 aliphatic rings. The SMILES string of the molecule is COc1ccc(CCN(CCC(=O)O)C(=O)c2ccccc2-c2ccccc2C(=O)NCc2ccccc2F)cc1OC. The normalized spacial score (nSPS) is 10.6. The van der Waals surface area contributed by atoms with E-state index in [1.807, 2.05) is 12.1 Å². The van der Waals surface area contributed by atoms with E-state index in [4.69, 9.17) is 9.47 Å². The van der Waals surface area contributed by atoms with E-state index in [1.54, 1.807) is 87.0 Å². The van der Waals surface area contributed by atoms with Gasteiger partial charge in [-0.2, -0.15) is 0 Å². The van der Waals surface area contributed by atoms with Crippen LogP contribution in [0, 0.1) is 5.82 Å². The summed E-state index contributed by atoms with van der Waals surface area (Å²) in [4.78, 5) is 40.2. The Labute approximate surface area is 249 Å². The summed E-state index contributed by atoms with van der Waals surface area (Å²) >= 11 is 0. The van der Waals surface area contributed by atoms with Crippen LogP contribution in [0.5, 0.6) is 11.5 Å². The maximum absolute atomic E-state index is 14.1. The summed E-state index contributed by atoms with van der Waals surface area (Å²) in [5.41, 5.74) is 2.94. The van der Waals surface area contributed by atoms with Gasteiger partial charge in [0, 0.05) is 36.3 Å². The lowest BCUT2D eigenvalue weighted by molar-refractivity contribution is -0.137. The number of aliphatic carboxylic acids is 1. The van der Waals surface area contributed by atoms with Gasteiger partial charge in [-0.05, 0) is 53.4 Å². The maximum Gasteiger partial charge on any atom is 0.305 e. The molecule has 9 heteroatoms. The zero-order chi connectivity index (χ0) is 30.8. The summed E-state index contributed by atoms with van der Waals surface area (Å²) < 4.78 is 24.8. The van der Waals surface area contributed by atoms with Crippen LogP contribution in [0.4, 0.5) is 4.39 Å². The number of benzene rings is 4. The average Bonchev–Trinajstić information content (AvgIpc) is 3.03. The highest BCUT2D eigenvalue weighted by atomic mass is 19.1.